The lowest BCUT2D eigenvalue weighted by molar-refractivity contribution is 0.192. The highest BCUT2D eigenvalue weighted by Crippen LogP contribution is 2.32. The van der Waals surface area contributed by atoms with Crippen LogP contribution >= 0.6 is 0 Å². The Labute approximate surface area is 191 Å². The number of carbonyl (C=O) groups excluding carboxylic acids is 1. The number of anilines is 2. The third-order valence-electron chi connectivity index (χ3n) is 5.38. The van der Waals surface area contributed by atoms with Crippen LogP contribution in [0.1, 0.15) is 17.5 Å². The Bertz CT molecular complexity index is 1280. The molecule has 3 aromatic rings. The number of aryl methyl sites for hydroxylation is 1. The van der Waals surface area contributed by atoms with Crippen LogP contribution in [0.2, 0.25) is 0 Å². The molecule has 4 rings (SSSR count). The SMILES string of the molecule is Cc1ccc(N2CCCN(Cc3cccc(F)c3)C2=O)c(NS(=O)(=O)c2ccc(F)cc2)c1. The molecule has 0 unspecified atom stereocenters. The summed E-state index contributed by atoms with van der Waals surface area (Å²) in [4.78, 5) is 16.3. The second kappa shape index (κ2) is 9.19. The number of hydrogen-bond acceptors (Lipinski definition) is 3. The molecule has 0 radical (unpaired) electrons. The lowest BCUT2D eigenvalue weighted by Gasteiger charge is -2.36. The van der Waals surface area contributed by atoms with E-state index in [0.717, 1.165) is 17.7 Å². The van der Waals surface area contributed by atoms with Gasteiger partial charge in [-0.05, 0) is 73.0 Å². The Morgan fingerprint density at radius 2 is 1.70 bits per heavy atom. The highest BCUT2D eigenvalue weighted by Gasteiger charge is 2.29. The normalized spacial score (nSPS) is 14.5. The predicted octanol–water partition coefficient (Wildman–Crippen LogP) is 4.91. The standard InChI is InChI=1S/C24H23F2N3O3S/c1-17-6-11-23(22(14-17)27-33(31,32)21-9-7-19(25)8-10-21)29-13-3-12-28(24(29)30)16-18-4-2-5-20(26)15-18/h2,4-11,14-15,27H,3,12-13,16H2,1H3. The predicted molar refractivity (Wildman–Crippen MR) is 123 cm³/mol. The fraction of sp³-hybridized carbons (Fsp3) is 0.208. The summed E-state index contributed by atoms with van der Waals surface area (Å²) in [5, 5.41) is 0. The van der Waals surface area contributed by atoms with Gasteiger partial charge in [0.15, 0.2) is 0 Å². The molecule has 0 aliphatic carbocycles. The average molecular weight is 472 g/mol. The van der Waals surface area contributed by atoms with E-state index in [2.05, 4.69) is 4.72 Å². The molecule has 0 saturated carbocycles. The van der Waals surface area contributed by atoms with Gasteiger partial charge in [-0.2, -0.15) is 0 Å². The van der Waals surface area contributed by atoms with Crippen molar-refractivity contribution in [3.63, 3.8) is 0 Å². The average Bonchev–Trinajstić information content (AvgIpc) is 2.76. The van der Waals surface area contributed by atoms with Crippen LogP contribution in [-0.2, 0) is 16.6 Å². The zero-order chi connectivity index (χ0) is 23.6. The van der Waals surface area contributed by atoms with Gasteiger partial charge in [-0.15, -0.1) is 0 Å². The summed E-state index contributed by atoms with van der Waals surface area (Å²) in [5.74, 6) is -0.910. The molecule has 0 spiro atoms. The summed E-state index contributed by atoms with van der Waals surface area (Å²) in [5.41, 5.74) is 2.14. The Balaban J connectivity index is 1.62. The molecular formula is C24H23F2N3O3S. The fourth-order valence-corrected chi connectivity index (χ4v) is 4.86. The minimum Gasteiger partial charge on any atom is -0.320 e. The van der Waals surface area contributed by atoms with E-state index in [0.29, 0.717) is 30.8 Å². The molecule has 1 saturated heterocycles. The summed E-state index contributed by atoms with van der Waals surface area (Å²) in [7, 11) is -4.00. The van der Waals surface area contributed by atoms with Crippen LogP contribution in [0, 0.1) is 18.6 Å². The summed E-state index contributed by atoms with van der Waals surface area (Å²) < 4.78 is 55.1. The van der Waals surface area contributed by atoms with Gasteiger partial charge in [0.2, 0.25) is 0 Å². The highest BCUT2D eigenvalue weighted by molar-refractivity contribution is 7.92. The lowest BCUT2D eigenvalue weighted by Crippen LogP contribution is -2.49. The number of halogens is 2. The minimum absolute atomic E-state index is 0.0888. The van der Waals surface area contributed by atoms with Gasteiger partial charge in [0, 0.05) is 19.6 Å². The van der Waals surface area contributed by atoms with Crippen molar-refractivity contribution >= 4 is 27.4 Å². The Morgan fingerprint density at radius 1 is 0.939 bits per heavy atom. The highest BCUT2D eigenvalue weighted by atomic mass is 32.2. The van der Waals surface area contributed by atoms with Gasteiger partial charge < -0.3 is 4.90 Å². The number of benzene rings is 3. The zero-order valence-corrected chi connectivity index (χ0v) is 18.8. The van der Waals surface area contributed by atoms with Crippen LogP contribution in [0.3, 0.4) is 0 Å². The molecule has 0 atom stereocenters. The van der Waals surface area contributed by atoms with Crippen molar-refractivity contribution in [1.82, 2.24) is 4.90 Å². The molecule has 0 aromatic heterocycles. The maximum atomic E-state index is 13.6. The van der Waals surface area contributed by atoms with Gasteiger partial charge in [-0.25, -0.2) is 22.0 Å². The van der Waals surface area contributed by atoms with Crippen LogP contribution in [0.4, 0.5) is 25.0 Å². The van der Waals surface area contributed by atoms with E-state index in [9.17, 15) is 22.0 Å². The largest absolute Gasteiger partial charge is 0.324 e. The maximum Gasteiger partial charge on any atom is 0.324 e. The lowest BCUT2D eigenvalue weighted by atomic mass is 10.1. The zero-order valence-electron chi connectivity index (χ0n) is 18.0. The molecule has 3 aromatic carbocycles. The Morgan fingerprint density at radius 3 is 2.42 bits per heavy atom. The van der Waals surface area contributed by atoms with Crippen molar-refractivity contribution in [2.75, 3.05) is 22.7 Å². The van der Waals surface area contributed by atoms with Crippen LogP contribution in [0.5, 0.6) is 0 Å². The van der Waals surface area contributed by atoms with E-state index in [1.165, 1.54) is 29.2 Å². The molecule has 33 heavy (non-hydrogen) atoms. The molecule has 172 valence electrons. The van der Waals surface area contributed by atoms with Crippen molar-refractivity contribution < 1.29 is 22.0 Å². The molecule has 1 aliphatic heterocycles. The molecule has 0 bridgehead atoms. The fourth-order valence-electron chi connectivity index (χ4n) is 3.79. The van der Waals surface area contributed by atoms with Crippen molar-refractivity contribution in [2.24, 2.45) is 0 Å². The number of carbonyl (C=O) groups is 1. The second-order valence-corrected chi connectivity index (χ2v) is 9.60. The van der Waals surface area contributed by atoms with Crippen LogP contribution < -0.4 is 9.62 Å². The topological polar surface area (TPSA) is 69.7 Å². The van der Waals surface area contributed by atoms with Gasteiger partial charge in [-0.1, -0.05) is 18.2 Å². The molecule has 9 heteroatoms. The summed E-state index contributed by atoms with van der Waals surface area (Å²) >= 11 is 0. The van der Waals surface area contributed by atoms with E-state index in [4.69, 9.17) is 0 Å². The quantitative estimate of drug-likeness (QED) is 0.556. The van der Waals surface area contributed by atoms with E-state index < -0.39 is 15.8 Å². The van der Waals surface area contributed by atoms with E-state index in [-0.39, 0.29) is 29.0 Å². The van der Waals surface area contributed by atoms with Crippen molar-refractivity contribution in [3.05, 3.63) is 89.5 Å². The monoisotopic (exact) mass is 471 g/mol. The van der Waals surface area contributed by atoms with Gasteiger partial charge in [0.05, 0.1) is 16.3 Å². The smallest absolute Gasteiger partial charge is 0.320 e. The number of rotatable bonds is 6. The molecule has 2 amide bonds. The number of urea groups is 1. The van der Waals surface area contributed by atoms with Crippen LogP contribution in [-0.4, -0.2) is 32.4 Å². The number of sulfonamides is 1. The first-order valence-corrected chi connectivity index (χ1v) is 11.9. The molecular weight excluding hydrogens is 448 g/mol. The van der Waals surface area contributed by atoms with Crippen molar-refractivity contribution in [1.29, 1.82) is 0 Å². The van der Waals surface area contributed by atoms with E-state index >= 15 is 0 Å². The summed E-state index contributed by atoms with van der Waals surface area (Å²) in [6.45, 7) is 2.98. The Hall–Kier alpha value is -3.46. The molecule has 6 nitrogen and oxygen atoms in total. The third-order valence-corrected chi connectivity index (χ3v) is 6.77. The second-order valence-electron chi connectivity index (χ2n) is 7.92. The summed E-state index contributed by atoms with van der Waals surface area (Å²) in [6, 6.07) is 15.4. The van der Waals surface area contributed by atoms with E-state index in [1.54, 1.807) is 35.2 Å². The van der Waals surface area contributed by atoms with Crippen LogP contribution in [0.25, 0.3) is 0 Å². The minimum atomic E-state index is -4.00. The molecule has 1 N–H and O–H groups in total. The first-order valence-electron chi connectivity index (χ1n) is 10.4. The van der Waals surface area contributed by atoms with Gasteiger partial charge >= 0.3 is 6.03 Å². The van der Waals surface area contributed by atoms with Crippen molar-refractivity contribution in [2.45, 2.75) is 24.8 Å². The number of nitrogens with one attached hydrogen (secondary N) is 1. The maximum absolute atomic E-state index is 13.6. The van der Waals surface area contributed by atoms with Crippen LogP contribution in [0.15, 0.2) is 71.6 Å². The number of amides is 2. The Kier molecular flexibility index (Phi) is 6.33. The molecule has 1 heterocycles. The third kappa shape index (κ3) is 5.14. The molecule has 1 fully saturated rings. The van der Waals surface area contributed by atoms with Gasteiger partial charge in [0.1, 0.15) is 11.6 Å². The first-order chi connectivity index (χ1) is 15.7. The van der Waals surface area contributed by atoms with Gasteiger partial charge in [-0.3, -0.25) is 9.62 Å². The van der Waals surface area contributed by atoms with E-state index in [1.807, 2.05) is 6.92 Å². The number of hydrogen-bond donors (Lipinski definition) is 1. The van der Waals surface area contributed by atoms with Gasteiger partial charge in [0.25, 0.3) is 10.0 Å². The molecule has 1 aliphatic rings. The summed E-state index contributed by atoms with van der Waals surface area (Å²) in [6.07, 6.45) is 0.666. The first kappa shape index (κ1) is 22.7. The van der Waals surface area contributed by atoms with Crippen molar-refractivity contribution in [3.8, 4) is 0 Å². The number of nitrogens with zero attached hydrogens (tertiary/aromatic N) is 2.